The van der Waals surface area contributed by atoms with Gasteiger partial charge in [-0.25, -0.2) is 0 Å². The Morgan fingerprint density at radius 3 is 2.46 bits per heavy atom. The van der Waals surface area contributed by atoms with Gasteiger partial charge in [0.15, 0.2) is 11.5 Å². The van der Waals surface area contributed by atoms with Crippen LogP contribution in [0.2, 0.25) is 0 Å². The number of hydrogen-bond acceptors (Lipinski definition) is 5. The van der Waals surface area contributed by atoms with Crippen molar-refractivity contribution in [1.82, 2.24) is 4.98 Å². The summed E-state index contributed by atoms with van der Waals surface area (Å²) in [6.07, 6.45) is 3.22. The van der Waals surface area contributed by atoms with E-state index in [0.717, 1.165) is 16.9 Å². The van der Waals surface area contributed by atoms with Crippen LogP contribution in [0.4, 0.5) is 17.1 Å². The third-order valence-corrected chi connectivity index (χ3v) is 4.53. The number of aromatic nitrogens is 1. The van der Waals surface area contributed by atoms with Crippen molar-refractivity contribution in [3.63, 3.8) is 0 Å². The topological polar surface area (TPSA) is 72.5 Å². The van der Waals surface area contributed by atoms with Gasteiger partial charge in [0.2, 0.25) is 0 Å². The number of hydrogen-bond donors (Lipinski definition) is 2. The Hall–Kier alpha value is -3.54. The first kappa shape index (κ1) is 19.2. The number of nitrogens with zero attached hydrogens (tertiary/aromatic N) is 1. The highest BCUT2D eigenvalue weighted by molar-refractivity contribution is 6.04. The molecule has 3 aromatic rings. The number of carbonyl (C=O) groups excluding carboxylic acids is 1. The SMILES string of the molecule is COc1ccc(NC(=O)c2cncc(Nc3cccc(C)c3C)c2)cc1OC. The van der Waals surface area contributed by atoms with E-state index in [-0.39, 0.29) is 5.91 Å². The number of nitrogens with one attached hydrogen (secondary N) is 2. The summed E-state index contributed by atoms with van der Waals surface area (Å²) in [5, 5.41) is 6.18. The second kappa shape index (κ2) is 8.43. The summed E-state index contributed by atoms with van der Waals surface area (Å²) in [6, 6.07) is 13.0. The van der Waals surface area contributed by atoms with Gasteiger partial charge in [-0.3, -0.25) is 9.78 Å². The van der Waals surface area contributed by atoms with E-state index >= 15 is 0 Å². The quantitative estimate of drug-likeness (QED) is 0.651. The van der Waals surface area contributed by atoms with Gasteiger partial charge in [0, 0.05) is 23.6 Å². The first-order chi connectivity index (χ1) is 13.5. The molecule has 0 radical (unpaired) electrons. The minimum Gasteiger partial charge on any atom is -0.493 e. The summed E-state index contributed by atoms with van der Waals surface area (Å²) >= 11 is 0. The zero-order valence-corrected chi connectivity index (χ0v) is 16.4. The maximum absolute atomic E-state index is 12.6. The van der Waals surface area contributed by atoms with Crippen LogP contribution >= 0.6 is 0 Å². The fraction of sp³-hybridized carbons (Fsp3) is 0.182. The number of carbonyl (C=O) groups is 1. The first-order valence-electron chi connectivity index (χ1n) is 8.83. The minimum atomic E-state index is -0.260. The molecule has 3 rings (SSSR count). The van der Waals surface area contributed by atoms with Gasteiger partial charge in [-0.1, -0.05) is 12.1 Å². The van der Waals surface area contributed by atoms with Crippen molar-refractivity contribution >= 4 is 23.0 Å². The standard InChI is InChI=1S/C22H23N3O3/c1-14-6-5-7-19(15(14)2)24-18-10-16(12-23-13-18)22(26)25-17-8-9-20(27-3)21(11-17)28-4/h5-13,24H,1-4H3,(H,25,26). The fourth-order valence-electron chi connectivity index (χ4n) is 2.79. The molecule has 0 atom stereocenters. The lowest BCUT2D eigenvalue weighted by molar-refractivity contribution is 0.102. The monoisotopic (exact) mass is 377 g/mol. The van der Waals surface area contributed by atoms with Gasteiger partial charge in [0.1, 0.15) is 0 Å². The number of anilines is 3. The van der Waals surface area contributed by atoms with Crippen LogP contribution in [-0.4, -0.2) is 25.1 Å². The van der Waals surface area contributed by atoms with Crippen molar-refractivity contribution in [2.75, 3.05) is 24.9 Å². The predicted molar refractivity (Wildman–Crippen MR) is 111 cm³/mol. The van der Waals surface area contributed by atoms with E-state index in [1.807, 2.05) is 12.1 Å². The first-order valence-corrected chi connectivity index (χ1v) is 8.83. The molecule has 0 aliphatic heterocycles. The Balaban J connectivity index is 1.78. The second-order valence-electron chi connectivity index (χ2n) is 6.36. The molecule has 0 spiro atoms. The van der Waals surface area contributed by atoms with Crippen LogP contribution in [0.15, 0.2) is 54.9 Å². The molecule has 1 amide bonds. The molecule has 0 unspecified atom stereocenters. The predicted octanol–water partition coefficient (Wildman–Crippen LogP) is 4.71. The summed E-state index contributed by atoms with van der Waals surface area (Å²) < 4.78 is 10.5. The normalized spacial score (nSPS) is 10.3. The Kier molecular flexibility index (Phi) is 5.79. The lowest BCUT2D eigenvalue weighted by Crippen LogP contribution is -2.12. The lowest BCUT2D eigenvalue weighted by atomic mass is 10.1. The number of methoxy groups -OCH3 is 2. The molecule has 144 valence electrons. The van der Waals surface area contributed by atoms with Crippen LogP contribution in [0.25, 0.3) is 0 Å². The molecule has 1 aromatic heterocycles. The smallest absolute Gasteiger partial charge is 0.257 e. The summed E-state index contributed by atoms with van der Waals surface area (Å²) in [6.45, 7) is 4.12. The summed E-state index contributed by atoms with van der Waals surface area (Å²) in [5.74, 6) is 0.884. The molecule has 0 saturated carbocycles. The van der Waals surface area contributed by atoms with Crippen LogP contribution < -0.4 is 20.1 Å². The van der Waals surface area contributed by atoms with E-state index in [2.05, 4.69) is 35.5 Å². The summed E-state index contributed by atoms with van der Waals surface area (Å²) in [5.41, 5.74) is 5.14. The minimum absolute atomic E-state index is 0.260. The van der Waals surface area contributed by atoms with Gasteiger partial charge in [-0.15, -0.1) is 0 Å². The van der Waals surface area contributed by atoms with Crippen LogP contribution in [0.3, 0.4) is 0 Å². The third kappa shape index (κ3) is 4.23. The highest BCUT2D eigenvalue weighted by Gasteiger charge is 2.11. The maximum Gasteiger partial charge on any atom is 0.257 e. The second-order valence-corrected chi connectivity index (χ2v) is 6.36. The van der Waals surface area contributed by atoms with Crippen molar-refractivity contribution in [3.05, 3.63) is 71.5 Å². The van der Waals surface area contributed by atoms with Gasteiger partial charge in [-0.2, -0.15) is 0 Å². The zero-order chi connectivity index (χ0) is 20.1. The number of ether oxygens (including phenoxy) is 2. The average Bonchev–Trinajstić information content (AvgIpc) is 2.71. The van der Waals surface area contributed by atoms with Gasteiger partial charge < -0.3 is 20.1 Å². The molecule has 1 heterocycles. The third-order valence-electron chi connectivity index (χ3n) is 4.53. The lowest BCUT2D eigenvalue weighted by Gasteiger charge is -2.13. The van der Waals surface area contributed by atoms with Crippen molar-refractivity contribution in [3.8, 4) is 11.5 Å². The average molecular weight is 377 g/mol. The number of benzene rings is 2. The molecule has 0 aliphatic carbocycles. The molecule has 0 bridgehead atoms. The molecule has 28 heavy (non-hydrogen) atoms. The fourth-order valence-corrected chi connectivity index (χ4v) is 2.79. The Morgan fingerprint density at radius 2 is 1.71 bits per heavy atom. The molecule has 0 fully saturated rings. The molecular weight excluding hydrogens is 354 g/mol. The van der Waals surface area contributed by atoms with Crippen molar-refractivity contribution in [1.29, 1.82) is 0 Å². The van der Waals surface area contributed by atoms with Crippen LogP contribution in [0.5, 0.6) is 11.5 Å². The van der Waals surface area contributed by atoms with E-state index in [4.69, 9.17) is 9.47 Å². The molecule has 6 nitrogen and oxygen atoms in total. The van der Waals surface area contributed by atoms with Crippen molar-refractivity contribution in [2.45, 2.75) is 13.8 Å². The van der Waals surface area contributed by atoms with E-state index in [1.165, 1.54) is 11.8 Å². The van der Waals surface area contributed by atoms with Crippen LogP contribution in [0, 0.1) is 13.8 Å². The number of amides is 1. The molecular formula is C22H23N3O3. The van der Waals surface area contributed by atoms with E-state index in [1.54, 1.807) is 44.7 Å². The van der Waals surface area contributed by atoms with Gasteiger partial charge in [-0.05, 0) is 49.2 Å². The summed E-state index contributed by atoms with van der Waals surface area (Å²) in [7, 11) is 3.12. The van der Waals surface area contributed by atoms with Gasteiger partial charge >= 0.3 is 0 Å². The summed E-state index contributed by atoms with van der Waals surface area (Å²) in [4.78, 5) is 16.8. The van der Waals surface area contributed by atoms with E-state index < -0.39 is 0 Å². The number of rotatable bonds is 6. The maximum atomic E-state index is 12.6. The van der Waals surface area contributed by atoms with E-state index in [9.17, 15) is 4.79 Å². The van der Waals surface area contributed by atoms with Crippen LogP contribution in [-0.2, 0) is 0 Å². The highest BCUT2D eigenvalue weighted by atomic mass is 16.5. The Morgan fingerprint density at radius 1 is 0.929 bits per heavy atom. The van der Waals surface area contributed by atoms with Crippen LogP contribution in [0.1, 0.15) is 21.5 Å². The number of pyridine rings is 1. The number of aryl methyl sites for hydroxylation is 1. The molecule has 2 aromatic carbocycles. The van der Waals surface area contributed by atoms with E-state index in [0.29, 0.717) is 22.7 Å². The Bertz CT molecular complexity index is 1000. The molecule has 0 aliphatic rings. The zero-order valence-electron chi connectivity index (χ0n) is 16.4. The van der Waals surface area contributed by atoms with Crippen molar-refractivity contribution in [2.24, 2.45) is 0 Å². The highest BCUT2D eigenvalue weighted by Crippen LogP contribution is 2.30. The molecule has 6 heteroatoms. The van der Waals surface area contributed by atoms with Gasteiger partial charge in [0.05, 0.1) is 31.7 Å². The Labute approximate surface area is 164 Å². The molecule has 2 N–H and O–H groups in total. The van der Waals surface area contributed by atoms with Gasteiger partial charge in [0.25, 0.3) is 5.91 Å². The van der Waals surface area contributed by atoms with Crippen molar-refractivity contribution < 1.29 is 14.3 Å². The largest absolute Gasteiger partial charge is 0.493 e. The molecule has 0 saturated heterocycles.